The lowest BCUT2D eigenvalue weighted by atomic mass is 10.1. The minimum Gasteiger partial charge on any atom is -0.353 e. The van der Waals surface area contributed by atoms with E-state index >= 15 is 4.39 Å². The van der Waals surface area contributed by atoms with Gasteiger partial charge in [0.25, 0.3) is 0 Å². The number of anilines is 1. The Morgan fingerprint density at radius 3 is 2.44 bits per heavy atom. The molecule has 5 rings (SSSR count). The van der Waals surface area contributed by atoms with Crippen LogP contribution in [-0.2, 0) is 14.3 Å². The standard InChI is InChI=1S/C21H17F3N4O5S/c1-34(31,32)33-21(30)13-8-28(16-3-2-9(22)4-14(16)23)19-10(18(13)29)5-15(24)20(26-19)27-6-11-12(7-27)17(11)25/h2-5,8,11-12,17H,6-7,25H2,1H3. The lowest BCUT2D eigenvalue weighted by Gasteiger charge is -2.22. The van der Waals surface area contributed by atoms with Crippen LogP contribution in [0.5, 0.6) is 0 Å². The second-order valence-corrected chi connectivity index (χ2v) is 9.96. The maximum atomic E-state index is 15.0. The summed E-state index contributed by atoms with van der Waals surface area (Å²) in [7, 11) is -4.29. The topological polar surface area (TPSA) is 125 Å². The summed E-state index contributed by atoms with van der Waals surface area (Å²) in [6.45, 7) is 0.907. The van der Waals surface area contributed by atoms with E-state index < -0.39 is 49.9 Å². The Hall–Kier alpha value is -3.45. The molecule has 2 aromatic heterocycles. The van der Waals surface area contributed by atoms with Gasteiger partial charge >= 0.3 is 16.1 Å². The number of hydrogen-bond acceptors (Lipinski definition) is 8. The van der Waals surface area contributed by atoms with Gasteiger partial charge in [0.2, 0.25) is 5.43 Å². The summed E-state index contributed by atoms with van der Waals surface area (Å²) < 4.78 is 71.3. The van der Waals surface area contributed by atoms with E-state index in [0.717, 1.165) is 29.0 Å². The first kappa shape index (κ1) is 22.3. The molecule has 1 aliphatic heterocycles. The highest BCUT2D eigenvalue weighted by Gasteiger charge is 2.54. The summed E-state index contributed by atoms with van der Waals surface area (Å²) in [6.07, 6.45) is 1.44. The van der Waals surface area contributed by atoms with Crippen LogP contribution in [-0.4, -0.2) is 49.3 Å². The second-order valence-electron chi connectivity index (χ2n) is 8.39. The zero-order valence-electron chi connectivity index (χ0n) is 17.5. The average molecular weight is 494 g/mol. The van der Waals surface area contributed by atoms with Crippen molar-refractivity contribution in [1.82, 2.24) is 9.55 Å². The number of hydrogen-bond donors (Lipinski definition) is 1. The maximum Gasteiger partial charge on any atom is 0.359 e. The SMILES string of the molecule is CS(=O)(=O)OC(=O)c1cn(-c2ccc(F)cc2F)c2nc(N3CC4C(N)C4C3)c(F)cc2c1=O. The van der Waals surface area contributed by atoms with E-state index in [-0.39, 0.29) is 35.0 Å². The first-order valence-electron chi connectivity index (χ1n) is 10.1. The molecule has 2 unspecified atom stereocenters. The molecule has 13 heteroatoms. The third-order valence-corrected chi connectivity index (χ3v) is 6.54. The van der Waals surface area contributed by atoms with Crippen LogP contribution in [0.3, 0.4) is 0 Å². The van der Waals surface area contributed by atoms with Crippen LogP contribution < -0.4 is 16.1 Å². The van der Waals surface area contributed by atoms with Gasteiger partial charge in [0.15, 0.2) is 17.3 Å². The molecule has 9 nitrogen and oxygen atoms in total. The Balaban J connectivity index is 1.74. The van der Waals surface area contributed by atoms with Crippen LogP contribution in [0.25, 0.3) is 16.7 Å². The van der Waals surface area contributed by atoms with Crippen LogP contribution in [0.1, 0.15) is 10.4 Å². The highest BCUT2D eigenvalue weighted by molar-refractivity contribution is 7.86. The zero-order valence-corrected chi connectivity index (χ0v) is 18.4. The molecule has 1 saturated heterocycles. The highest BCUT2D eigenvalue weighted by atomic mass is 32.2. The molecule has 178 valence electrons. The Labute approximate surface area is 190 Å². The molecule has 0 bridgehead atoms. The van der Waals surface area contributed by atoms with Crippen LogP contribution in [0.4, 0.5) is 19.0 Å². The largest absolute Gasteiger partial charge is 0.359 e. The van der Waals surface area contributed by atoms with Gasteiger partial charge in [-0.15, -0.1) is 0 Å². The van der Waals surface area contributed by atoms with Gasteiger partial charge in [-0.3, -0.25) is 9.36 Å². The molecule has 2 N–H and O–H groups in total. The predicted molar refractivity (Wildman–Crippen MR) is 115 cm³/mol. The fourth-order valence-electron chi connectivity index (χ4n) is 4.37. The number of piperidine rings is 1. The molecule has 3 heterocycles. The molecule has 2 atom stereocenters. The van der Waals surface area contributed by atoms with Crippen molar-refractivity contribution >= 4 is 32.9 Å². The second kappa shape index (κ2) is 7.53. The van der Waals surface area contributed by atoms with E-state index in [1.165, 1.54) is 0 Å². The Kier molecular flexibility index (Phi) is 4.95. The summed E-state index contributed by atoms with van der Waals surface area (Å²) in [5.74, 6) is -4.04. The molecule has 1 aliphatic carbocycles. The third-order valence-electron chi connectivity index (χ3n) is 6.09. The van der Waals surface area contributed by atoms with Gasteiger partial charge in [0.1, 0.15) is 17.2 Å². The Morgan fingerprint density at radius 2 is 1.82 bits per heavy atom. The van der Waals surface area contributed by atoms with Gasteiger partial charge in [-0.2, -0.15) is 8.42 Å². The van der Waals surface area contributed by atoms with E-state index in [0.29, 0.717) is 25.4 Å². The number of nitrogens with zero attached hydrogens (tertiary/aromatic N) is 3. The predicted octanol–water partition coefficient (Wildman–Crippen LogP) is 1.31. The van der Waals surface area contributed by atoms with Crippen molar-refractivity contribution in [3.05, 3.63) is 63.7 Å². The molecule has 1 aromatic carbocycles. The maximum absolute atomic E-state index is 15.0. The lowest BCUT2D eigenvalue weighted by Crippen LogP contribution is -2.30. The molecule has 2 fully saturated rings. The average Bonchev–Trinajstić information content (AvgIpc) is 3.14. The number of halogens is 3. The Bertz CT molecular complexity index is 1530. The highest BCUT2D eigenvalue weighted by Crippen LogP contribution is 2.45. The number of carbonyl (C=O) groups excluding carboxylic acids is 1. The molecule has 1 saturated carbocycles. The summed E-state index contributed by atoms with van der Waals surface area (Å²) >= 11 is 0. The molecule has 34 heavy (non-hydrogen) atoms. The van der Waals surface area contributed by atoms with Gasteiger partial charge in [-0.05, 0) is 30.0 Å². The zero-order chi connectivity index (χ0) is 24.5. The molecule has 0 radical (unpaired) electrons. The van der Waals surface area contributed by atoms with Crippen LogP contribution in [0.15, 0.2) is 35.3 Å². The summed E-state index contributed by atoms with van der Waals surface area (Å²) in [4.78, 5) is 31.3. The summed E-state index contributed by atoms with van der Waals surface area (Å²) in [6, 6.07) is 3.44. The Morgan fingerprint density at radius 1 is 1.15 bits per heavy atom. The summed E-state index contributed by atoms with van der Waals surface area (Å²) in [5.41, 5.74) is 3.54. The number of rotatable bonds is 4. The number of carbonyl (C=O) groups is 1. The fourth-order valence-corrected chi connectivity index (χ4v) is 4.73. The van der Waals surface area contributed by atoms with Gasteiger partial charge in [-0.25, -0.2) is 22.9 Å². The van der Waals surface area contributed by atoms with Crippen molar-refractivity contribution < 1.29 is 30.6 Å². The smallest absolute Gasteiger partial charge is 0.353 e. The van der Waals surface area contributed by atoms with Crippen molar-refractivity contribution in [2.45, 2.75) is 6.04 Å². The van der Waals surface area contributed by atoms with Crippen LogP contribution >= 0.6 is 0 Å². The van der Waals surface area contributed by atoms with Gasteiger partial charge in [-0.1, -0.05) is 0 Å². The monoisotopic (exact) mass is 494 g/mol. The van der Waals surface area contributed by atoms with Gasteiger partial charge in [0.05, 0.1) is 17.3 Å². The van der Waals surface area contributed by atoms with Gasteiger partial charge in [0, 0.05) is 31.4 Å². The number of fused-ring (bicyclic) bond motifs is 2. The number of nitrogens with two attached hydrogens (primary N) is 1. The fraction of sp³-hybridized carbons (Fsp3) is 0.286. The van der Waals surface area contributed by atoms with Crippen molar-refractivity contribution in [3.63, 3.8) is 0 Å². The summed E-state index contributed by atoms with van der Waals surface area (Å²) in [5, 5.41) is -0.422. The van der Waals surface area contributed by atoms with Crippen molar-refractivity contribution in [2.75, 3.05) is 24.2 Å². The normalized spacial score (nSPS) is 21.6. The van der Waals surface area contributed by atoms with E-state index in [1.54, 1.807) is 4.90 Å². The third kappa shape index (κ3) is 3.70. The van der Waals surface area contributed by atoms with Crippen molar-refractivity contribution in [1.29, 1.82) is 0 Å². The molecular formula is C21H17F3N4O5S. The minimum atomic E-state index is -4.29. The number of benzene rings is 1. The number of pyridine rings is 2. The van der Waals surface area contributed by atoms with E-state index in [1.807, 2.05) is 0 Å². The van der Waals surface area contributed by atoms with Crippen molar-refractivity contribution in [2.24, 2.45) is 17.6 Å². The first-order chi connectivity index (χ1) is 15.9. The van der Waals surface area contributed by atoms with E-state index in [4.69, 9.17) is 5.73 Å². The van der Waals surface area contributed by atoms with Gasteiger partial charge < -0.3 is 14.8 Å². The van der Waals surface area contributed by atoms with Crippen molar-refractivity contribution in [3.8, 4) is 5.69 Å². The lowest BCUT2D eigenvalue weighted by molar-refractivity contribution is 0.0746. The first-order valence-corrected chi connectivity index (χ1v) is 11.9. The molecular weight excluding hydrogens is 477 g/mol. The van der Waals surface area contributed by atoms with E-state index in [2.05, 4.69) is 9.17 Å². The molecule has 3 aromatic rings. The van der Waals surface area contributed by atoms with Crippen LogP contribution in [0.2, 0.25) is 0 Å². The molecule has 0 spiro atoms. The van der Waals surface area contributed by atoms with Crippen LogP contribution in [0, 0.1) is 29.3 Å². The quantitative estimate of drug-likeness (QED) is 0.539. The molecule has 2 aliphatic rings. The number of aromatic nitrogens is 2. The minimum absolute atomic E-state index is 0.0367. The van der Waals surface area contributed by atoms with E-state index in [9.17, 15) is 26.8 Å². The molecule has 0 amide bonds.